The first kappa shape index (κ1) is 12.4. The Labute approximate surface area is 102 Å². The van der Waals surface area contributed by atoms with Crippen LogP contribution in [0.5, 0.6) is 5.75 Å². The van der Waals surface area contributed by atoms with E-state index in [1.54, 1.807) is 12.1 Å². The Morgan fingerprint density at radius 1 is 1.12 bits per heavy atom. The fraction of sp³-hybridized carbons (Fsp3) is 0.571. The normalized spacial score (nSPS) is 24.8. The summed E-state index contributed by atoms with van der Waals surface area (Å²) in [6.07, 6.45) is 5.13. The number of benzene rings is 1. The van der Waals surface area contributed by atoms with Crippen LogP contribution in [0.3, 0.4) is 0 Å². The van der Waals surface area contributed by atoms with Crippen LogP contribution in [0.15, 0.2) is 24.3 Å². The Morgan fingerprint density at radius 3 is 2.53 bits per heavy atom. The third kappa shape index (κ3) is 3.72. The molecule has 0 unspecified atom stereocenters. The van der Waals surface area contributed by atoms with Crippen molar-refractivity contribution in [3.8, 4) is 5.75 Å². The molecule has 94 valence electrons. The molecule has 0 spiro atoms. The van der Waals surface area contributed by atoms with Crippen LogP contribution >= 0.6 is 0 Å². The maximum Gasteiger partial charge on any atom is 0.115 e. The van der Waals surface area contributed by atoms with E-state index in [9.17, 15) is 10.2 Å². The summed E-state index contributed by atoms with van der Waals surface area (Å²) in [4.78, 5) is 0. The van der Waals surface area contributed by atoms with Crippen molar-refractivity contribution in [2.75, 3.05) is 6.54 Å². The number of aliphatic hydroxyl groups excluding tert-OH is 1. The first-order valence-electron chi connectivity index (χ1n) is 6.45. The van der Waals surface area contributed by atoms with Gasteiger partial charge in [0.15, 0.2) is 0 Å². The first-order valence-corrected chi connectivity index (χ1v) is 6.45. The molecule has 3 heteroatoms. The minimum absolute atomic E-state index is 0.177. The van der Waals surface area contributed by atoms with Crippen molar-refractivity contribution in [2.24, 2.45) is 0 Å². The SMILES string of the molecule is Oc1ccc(CCN[C@H]2CCCC[C@H]2O)cc1. The van der Waals surface area contributed by atoms with E-state index >= 15 is 0 Å². The van der Waals surface area contributed by atoms with Gasteiger partial charge < -0.3 is 15.5 Å². The summed E-state index contributed by atoms with van der Waals surface area (Å²) in [5.74, 6) is 0.310. The summed E-state index contributed by atoms with van der Waals surface area (Å²) in [6.45, 7) is 0.881. The minimum atomic E-state index is -0.177. The van der Waals surface area contributed by atoms with Crippen molar-refractivity contribution in [2.45, 2.75) is 44.2 Å². The molecule has 0 saturated heterocycles. The maximum absolute atomic E-state index is 9.81. The second-order valence-corrected chi connectivity index (χ2v) is 4.83. The number of hydrogen-bond donors (Lipinski definition) is 3. The number of phenolic OH excluding ortho intramolecular Hbond substituents is 1. The molecule has 3 nitrogen and oxygen atoms in total. The lowest BCUT2D eigenvalue weighted by atomic mass is 9.92. The van der Waals surface area contributed by atoms with E-state index in [4.69, 9.17) is 0 Å². The zero-order valence-electron chi connectivity index (χ0n) is 10.1. The highest BCUT2D eigenvalue weighted by Gasteiger charge is 2.21. The van der Waals surface area contributed by atoms with E-state index in [-0.39, 0.29) is 12.1 Å². The number of aromatic hydroxyl groups is 1. The number of phenols is 1. The molecule has 0 heterocycles. The summed E-state index contributed by atoms with van der Waals surface area (Å²) in [5, 5.41) is 22.4. The molecule has 0 aromatic heterocycles. The molecule has 2 rings (SSSR count). The molecule has 1 aromatic carbocycles. The van der Waals surface area contributed by atoms with Gasteiger partial charge in [-0.2, -0.15) is 0 Å². The van der Waals surface area contributed by atoms with Gasteiger partial charge >= 0.3 is 0 Å². The van der Waals surface area contributed by atoms with Gasteiger partial charge in [0.25, 0.3) is 0 Å². The molecule has 2 atom stereocenters. The topological polar surface area (TPSA) is 52.5 Å². The zero-order chi connectivity index (χ0) is 12.1. The van der Waals surface area contributed by atoms with Crippen molar-refractivity contribution in [1.29, 1.82) is 0 Å². The molecule has 1 aliphatic rings. The van der Waals surface area contributed by atoms with Crippen molar-refractivity contribution in [1.82, 2.24) is 5.32 Å². The van der Waals surface area contributed by atoms with Gasteiger partial charge in [-0.1, -0.05) is 25.0 Å². The van der Waals surface area contributed by atoms with E-state index in [1.807, 2.05) is 12.1 Å². The predicted molar refractivity (Wildman–Crippen MR) is 68.1 cm³/mol. The summed E-state index contributed by atoms with van der Waals surface area (Å²) in [5.41, 5.74) is 1.21. The standard InChI is InChI=1S/C14H21NO2/c16-12-7-5-11(6-8-12)9-10-15-13-3-1-2-4-14(13)17/h5-8,13-17H,1-4,9-10H2/t13-,14+/m0/s1. The lowest BCUT2D eigenvalue weighted by molar-refractivity contribution is 0.0914. The Balaban J connectivity index is 1.73. The minimum Gasteiger partial charge on any atom is -0.508 e. The van der Waals surface area contributed by atoms with Crippen molar-refractivity contribution >= 4 is 0 Å². The van der Waals surface area contributed by atoms with E-state index in [0.29, 0.717) is 5.75 Å². The van der Waals surface area contributed by atoms with E-state index in [0.717, 1.165) is 32.2 Å². The van der Waals surface area contributed by atoms with Crippen molar-refractivity contribution in [3.63, 3.8) is 0 Å². The summed E-state index contributed by atoms with van der Waals surface area (Å²) in [7, 11) is 0. The highest BCUT2D eigenvalue weighted by atomic mass is 16.3. The molecular formula is C14H21NO2. The van der Waals surface area contributed by atoms with Crippen LogP contribution < -0.4 is 5.32 Å². The molecule has 0 amide bonds. The number of nitrogens with one attached hydrogen (secondary N) is 1. The van der Waals surface area contributed by atoms with Gasteiger partial charge in [0, 0.05) is 6.04 Å². The van der Waals surface area contributed by atoms with Crippen LogP contribution in [-0.2, 0) is 6.42 Å². The fourth-order valence-corrected chi connectivity index (χ4v) is 2.41. The van der Waals surface area contributed by atoms with E-state index in [2.05, 4.69) is 5.32 Å². The molecule has 1 aromatic rings. The maximum atomic E-state index is 9.81. The molecule has 1 aliphatic carbocycles. The zero-order valence-corrected chi connectivity index (χ0v) is 10.1. The van der Waals surface area contributed by atoms with Gasteiger partial charge in [-0.3, -0.25) is 0 Å². The molecular weight excluding hydrogens is 214 g/mol. The lowest BCUT2D eigenvalue weighted by Gasteiger charge is -2.28. The predicted octanol–water partition coefficient (Wildman–Crippen LogP) is 1.83. The smallest absolute Gasteiger partial charge is 0.115 e. The Morgan fingerprint density at radius 2 is 1.82 bits per heavy atom. The number of aliphatic hydroxyl groups is 1. The second kappa shape index (κ2) is 6.03. The van der Waals surface area contributed by atoms with Gasteiger partial charge in [-0.05, 0) is 43.5 Å². The van der Waals surface area contributed by atoms with Crippen molar-refractivity contribution in [3.05, 3.63) is 29.8 Å². The largest absolute Gasteiger partial charge is 0.508 e. The molecule has 1 fully saturated rings. The third-order valence-electron chi connectivity index (χ3n) is 3.49. The molecule has 1 saturated carbocycles. The summed E-state index contributed by atoms with van der Waals surface area (Å²) >= 11 is 0. The number of rotatable bonds is 4. The Bertz CT molecular complexity index is 337. The van der Waals surface area contributed by atoms with Crippen LogP contribution in [0.1, 0.15) is 31.2 Å². The lowest BCUT2D eigenvalue weighted by Crippen LogP contribution is -2.42. The van der Waals surface area contributed by atoms with Gasteiger partial charge in [-0.25, -0.2) is 0 Å². The number of hydrogen-bond acceptors (Lipinski definition) is 3. The van der Waals surface area contributed by atoms with E-state index in [1.165, 1.54) is 12.0 Å². The van der Waals surface area contributed by atoms with Gasteiger partial charge in [-0.15, -0.1) is 0 Å². The molecule has 17 heavy (non-hydrogen) atoms. The van der Waals surface area contributed by atoms with Gasteiger partial charge in [0.2, 0.25) is 0 Å². The fourth-order valence-electron chi connectivity index (χ4n) is 2.41. The van der Waals surface area contributed by atoms with Gasteiger partial charge in [0.1, 0.15) is 5.75 Å². The monoisotopic (exact) mass is 235 g/mol. The summed E-state index contributed by atoms with van der Waals surface area (Å²) < 4.78 is 0. The Kier molecular flexibility index (Phi) is 4.40. The molecule has 3 N–H and O–H groups in total. The van der Waals surface area contributed by atoms with Crippen LogP contribution in [0.4, 0.5) is 0 Å². The molecule has 0 bridgehead atoms. The third-order valence-corrected chi connectivity index (χ3v) is 3.49. The quantitative estimate of drug-likeness (QED) is 0.746. The highest BCUT2D eigenvalue weighted by molar-refractivity contribution is 5.25. The average molecular weight is 235 g/mol. The summed E-state index contributed by atoms with van der Waals surface area (Å²) in [6, 6.07) is 7.57. The van der Waals surface area contributed by atoms with Crippen LogP contribution in [-0.4, -0.2) is 28.9 Å². The van der Waals surface area contributed by atoms with Gasteiger partial charge in [0.05, 0.1) is 6.10 Å². The van der Waals surface area contributed by atoms with Crippen LogP contribution in [0.2, 0.25) is 0 Å². The molecule has 0 radical (unpaired) electrons. The highest BCUT2D eigenvalue weighted by Crippen LogP contribution is 2.18. The first-order chi connectivity index (χ1) is 8.25. The molecule has 0 aliphatic heterocycles. The van der Waals surface area contributed by atoms with Crippen LogP contribution in [0.25, 0.3) is 0 Å². The Hall–Kier alpha value is -1.06. The van der Waals surface area contributed by atoms with Crippen molar-refractivity contribution < 1.29 is 10.2 Å². The second-order valence-electron chi connectivity index (χ2n) is 4.83. The van der Waals surface area contributed by atoms with E-state index < -0.39 is 0 Å². The van der Waals surface area contributed by atoms with Crippen LogP contribution in [0, 0.1) is 0 Å². The average Bonchev–Trinajstić information content (AvgIpc) is 2.34.